The maximum absolute atomic E-state index is 5.19. The molecule has 0 atom stereocenters. The highest BCUT2D eigenvalue weighted by Crippen LogP contribution is 2.20. The van der Waals surface area contributed by atoms with Gasteiger partial charge in [-0.2, -0.15) is 24.4 Å². The molecule has 198 valence electrons. The molecular formula is C25H62OS5. The Labute approximate surface area is 223 Å². The quantitative estimate of drug-likeness (QED) is 0.195. The van der Waals surface area contributed by atoms with Gasteiger partial charge in [0.05, 0.1) is 6.10 Å². The Bertz CT molecular complexity index is 240. The third kappa shape index (κ3) is 80.0. The Kier molecular flexibility index (Phi) is 57.9. The van der Waals surface area contributed by atoms with E-state index in [0.29, 0.717) is 6.10 Å². The molecule has 1 nitrogen and oxygen atoms in total. The average molecular weight is 539 g/mol. The highest BCUT2D eigenvalue weighted by atomic mass is 32.2. The van der Waals surface area contributed by atoms with E-state index in [1.54, 1.807) is 0 Å². The van der Waals surface area contributed by atoms with Crippen LogP contribution in [0.1, 0.15) is 111 Å². The third-order valence-electron chi connectivity index (χ3n) is 2.52. The second-order valence-corrected chi connectivity index (χ2v) is 15.2. The Morgan fingerprint density at radius 3 is 1.13 bits per heavy atom. The number of rotatable bonds is 12. The zero-order chi connectivity index (χ0) is 23.7. The van der Waals surface area contributed by atoms with E-state index in [4.69, 9.17) is 4.74 Å². The van der Waals surface area contributed by atoms with Gasteiger partial charge >= 0.3 is 0 Å². The van der Waals surface area contributed by atoms with Crippen LogP contribution in [0.5, 0.6) is 0 Å². The number of hydrogen-bond donors (Lipinski definition) is 1. The van der Waals surface area contributed by atoms with Crippen molar-refractivity contribution in [2.45, 2.75) is 138 Å². The summed E-state index contributed by atoms with van der Waals surface area (Å²) in [6.45, 7) is 27.1. The molecule has 0 aromatic rings. The fourth-order valence-electron chi connectivity index (χ4n) is 1.17. The molecule has 0 amide bonds. The van der Waals surface area contributed by atoms with Gasteiger partial charge in [-0.1, -0.05) is 84.1 Å². The van der Waals surface area contributed by atoms with Gasteiger partial charge in [0.2, 0.25) is 0 Å². The Balaban J connectivity index is -0.0000000665. The molecule has 6 heteroatoms. The predicted molar refractivity (Wildman–Crippen MR) is 170 cm³/mol. The smallest absolute Gasteiger partial charge is 0.0518 e. The first-order valence-electron chi connectivity index (χ1n) is 11.1. The summed E-state index contributed by atoms with van der Waals surface area (Å²) < 4.78 is 5.19. The van der Waals surface area contributed by atoms with Gasteiger partial charge in [-0.05, 0) is 53.4 Å². The first-order chi connectivity index (χ1) is 13.4. The summed E-state index contributed by atoms with van der Waals surface area (Å²) in [6, 6.07) is 0. The molecule has 0 aromatic carbocycles. The lowest BCUT2D eigenvalue weighted by Gasteiger charge is -2.05. The minimum absolute atomic E-state index is 0. The summed E-state index contributed by atoms with van der Waals surface area (Å²) >= 11 is 11.9. The van der Waals surface area contributed by atoms with Crippen LogP contribution in [0.2, 0.25) is 0 Å². The standard InChI is InChI=1S/C7H16S2.C6H14O.C6H14S.C4H10S2.2CH4/c1-6(2)8-5-9-7(3)4;2*1-4-5-7-6(2)3;1-4(2)6-3-5;;/h6-7H,5H2,1-4H3;2*6H,4-5H2,1-3H3;4-5H,3H2,1-2H3;2*1H4. The highest BCUT2D eigenvalue weighted by Gasteiger charge is 1.96. The maximum Gasteiger partial charge on any atom is 0.0518 e. The van der Waals surface area contributed by atoms with Crippen LogP contribution in [0.25, 0.3) is 0 Å². The molecule has 0 aromatic heterocycles. The number of thioether (sulfide) groups is 4. The normalized spacial score (nSPS) is 9.87. The molecule has 0 saturated heterocycles. The summed E-state index contributed by atoms with van der Waals surface area (Å²) in [5.41, 5.74) is 0. The third-order valence-corrected chi connectivity index (χ3v) is 7.52. The van der Waals surface area contributed by atoms with Crippen LogP contribution in [0, 0.1) is 0 Å². The molecular weight excluding hydrogens is 477 g/mol. The number of thiol groups is 1. The summed E-state index contributed by atoms with van der Waals surface area (Å²) in [7, 11) is 0. The number of hydrogen-bond acceptors (Lipinski definition) is 6. The van der Waals surface area contributed by atoms with Crippen molar-refractivity contribution in [3.63, 3.8) is 0 Å². The van der Waals surface area contributed by atoms with Crippen molar-refractivity contribution in [1.29, 1.82) is 0 Å². The fourth-order valence-corrected chi connectivity index (χ4v) is 5.56. The van der Waals surface area contributed by atoms with Crippen molar-refractivity contribution in [3.8, 4) is 0 Å². The van der Waals surface area contributed by atoms with E-state index in [2.05, 4.69) is 95.7 Å². The van der Waals surface area contributed by atoms with Crippen molar-refractivity contribution >= 4 is 59.7 Å². The van der Waals surface area contributed by atoms with E-state index in [0.717, 1.165) is 39.1 Å². The van der Waals surface area contributed by atoms with Crippen molar-refractivity contribution in [3.05, 3.63) is 0 Å². The molecule has 0 fully saturated rings. The molecule has 0 aliphatic heterocycles. The largest absolute Gasteiger partial charge is 0.379 e. The van der Waals surface area contributed by atoms with E-state index in [1.807, 2.05) is 47.0 Å². The van der Waals surface area contributed by atoms with Gasteiger partial charge in [-0.15, -0.1) is 35.3 Å². The van der Waals surface area contributed by atoms with Crippen LogP contribution >= 0.6 is 59.7 Å². The highest BCUT2D eigenvalue weighted by molar-refractivity contribution is 8.16. The van der Waals surface area contributed by atoms with Crippen LogP contribution < -0.4 is 0 Å². The van der Waals surface area contributed by atoms with Gasteiger partial charge in [0.25, 0.3) is 0 Å². The van der Waals surface area contributed by atoms with Crippen molar-refractivity contribution in [2.75, 3.05) is 22.5 Å². The second-order valence-electron chi connectivity index (χ2n) is 7.73. The molecule has 0 rings (SSSR count). The molecule has 0 bridgehead atoms. The van der Waals surface area contributed by atoms with Gasteiger partial charge in [0.1, 0.15) is 0 Å². The van der Waals surface area contributed by atoms with E-state index in [-0.39, 0.29) is 14.9 Å². The Morgan fingerprint density at radius 2 is 1.00 bits per heavy atom. The second kappa shape index (κ2) is 38.9. The lowest BCUT2D eigenvalue weighted by atomic mass is 10.4. The monoisotopic (exact) mass is 538 g/mol. The average Bonchev–Trinajstić information content (AvgIpc) is 2.59. The summed E-state index contributed by atoms with van der Waals surface area (Å²) in [6.07, 6.45) is 2.83. The van der Waals surface area contributed by atoms with E-state index < -0.39 is 0 Å². The summed E-state index contributed by atoms with van der Waals surface area (Å²) in [4.78, 5) is 0. The Hall–Kier alpha value is 1.71. The van der Waals surface area contributed by atoms with Gasteiger partial charge in [-0.3, -0.25) is 0 Å². The zero-order valence-corrected chi connectivity index (χ0v) is 25.8. The van der Waals surface area contributed by atoms with Crippen LogP contribution in [0.15, 0.2) is 0 Å². The molecule has 0 N–H and O–H groups in total. The zero-order valence-electron chi connectivity index (χ0n) is 21.6. The van der Waals surface area contributed by atoms with Crippen LogP contribution in [-0.4, -0.2) is 49.6 Å². The molecule has 0 aliphatic carbocycles. The molecule has 31 heavy (non-hydrogen) atoms. The van der Waals surface area contributed by atoms with Crippen molar-refractivity contribution in [2.24, 2.45) is 0 Å². The molecule has 0 radical (unpaired) electrons. The molecule has 0 heterocycles. The Morgan fingerprint density at radius 1 is 0.613 bits per heavy atom. The topological polar surface area (TPSA) is 9.23 Å². The van der Waals surface area contributed by atoms with E-state index in [1.165, 1.54) is 17.3 Å². The van der Waals surface area contributed by atoms with Crippen LogP contribution in [0.3, 0.4) is 0 Å². The van der Waals surface area contributed by atoms with Gasteiger partial charge in [0.15, 0.2) is 0 Å². The molecule has 0 spiro atoms. The molecule has 0 saturated carbocycles. The maximum atomic E-state index is 5.19. The van der Waals surface area contributed by atoms with Gasteiger partial charge < -0.3 is 4.74 Å². The SMILES string of the molecule is C.C.CC(C)SCS.CC(C)SCSC(C)C.CCCOC(C)C.CCCSC(C)C. The van der Waals surface area contributed by atoms with E-state index >= 15 is 0 Å². The lowest BCUT2D eigenvalue weighted by molar-refractivity contribution is 0.0794. The summed E-state index contributed by atoms with van der Waals surface area (Å²) in [5.74, 6) is 1.32. The summed E-state index contributed by atoms with van der Waals surface area (Å²) in [5, 5.41) is 5.32. The molecule has 0 unspecified atom stereocenters. The number of ether oxygens (including phenoxy) is 1. The predicted octanol–water partition coefficient (Wildman–Crippen LogP) is 10.9. The first kappa shape index (κ1) is 46.1. The van der Waals surface area contributed by atoms with Gasteiger partial charge in [-0.25, -0.2) is 0 Å². The minimum atomic E-state index is 0. The van der Waals surface area contributed by atoms with Gasteiger partial charge in [0, 0.05) is 16.8 Å². The first-order valence-corrected chi connectivity index (χ1v) is 16.0. The van der Waals surface area contributed by atoms with E-state index in [9.17, 15) is 0 Å². The van der Waals surface area contributed by atoms with Crippen LogP contribution in [0.4, 0.5) is 0 Å². The molecule has 0 aliphatic rings. The minimum Gasteiger partial charge on any atom is -0.379 e. The fraction of sp³-hybridized carbons (Fsp3) is 1.00. The lowest BCUT2D eigenvalue weighted by Crippen LogP contribution is -2.01. The van der Waals surface area contributed by atoms with Crippen LogP contribution in [-0.2, 0) is 4.74 Å². The van der Waals surface area contributed by atoms with Crippen molar-refractivity contribution < 1.29 is 4.74 Å². The van der Waals surface area contributed by atoms with Crippen molar-refractivity contribution in [1.82, 2.24) is 0 Å².